The molecule has 0 saturated carbocycles. The molecule has 1 aliphatic rings. The van der Waals surface area contributed by atoms with E-state index in [2.05, 4.69) is 30.0 Å². The van der Waals surface area contributed by atoms with Crippen LogP contribution in [0.2, 0.25) is 0 Å². The van der Waals surface area contributed by atoms with Crippen molar-refractivity contribution in [3.63, 3.8) is 0 Å². The SMILES string of the molecule is CN1CCN(C)C1c1ccc(P(C)(C)=O)s1. The second-order valence-corrected chi connectivity index (χ2v) is 9.46. The molecular weight excluding hydrogens is 239 g/mol. The number of nitrogens with zero attached hydrogens (tertiary/aromatic N) is 2. The maximum atomic E-state index is 12.0. The van der Waals surface area contributed by atoms with E-state index in [9.17, 15) is 4.57 Å². The van der Waals surface area contributed by atoms with Gasteiger partial charge in [-0.25, -0.2) is 0 Å². The molecule has 0 spiro atoms. The summed E-state index contributed by atoms with van der Waals surface area (Å²) in [4.78, 5) is 5.99. The third kappa shape index (κ3) is 2.25. The number of likely N-dealkylation sites (N-methyl/N-ethyl adjacent to an activating group) is 2. The van der Waals surface area contributed by atoms with Gasteiger partial charge in [0.2, 0.25) is 0 Å². The van der Waals surface area contributed by atoms with E-state index in [1.807, 2.05) is 19.4 Å². The summed E-state index contributed by atoms with van der Waals surface area (Å²) in [5.41, 5.74) is 0. The van der Waals surface area contributed by atoms with E-state index >= 15 is 0 Å². The first-order chi connectivity index (χ1) is 7.39. The Kier molecular flexibility index (Phi) is 3.28. The second kappa shape index (κ2) is 4.26. The van der Waals surface area contributed by atoms with Crippen LogP contribution in [-0.4, -0.2) is 50.3 Å². The van der Waals surface area contributed by atoms with Gasteiger partial charge in [0.15, 0.2) is 0 Å². The van der Waals surface area contributed by atoms with E-state index in [1.54, 1.807) is 11.3 Å². The van der Waals surface area contributed by atoms with E-state index < -0.39 is 7.14 Å². The van der Waals surface area contributed by atoms with Crippen LogP contribution in [0.5, 0.6) is 0 Å². The smallest absolute Gasteiger partial charge is 0.119 e. The number of rotatable bonds is 2. The lowest BCUT2D eigenvalue weighted by Crippen LogP contribution is -2.24. The van der Waals surface area contributed by atoms with Gasteiger partial charge in [-0.1, -0.05) is 0 Å². The average Bonchev–Trinajstić information content (AvgIpc) is 2.72. The van der Waals surface area contributed by atoms with E-state index in [4.69, 9.17) is 0 Å². The van der Waals surface area contributed by atoms with Crippen LogP contribution in [0.1, 0.15) is 11.0 Å². The third-order valence-corrected chi connectivity index (χ3v) is 6.77. The molecule has 0 aliphatic carbocycles. The van der Waals surface area contributed by atoms with Crippen LogP contribution in [-0.2, 0) is 4.57 Å². The lowest BCUT2D eigenvalue weighted by atomic mass is 10.3. The predicted molar refractivity (Wildman–Crippen MR) is 71.4 cm³/mol. The summed E-state index contributed by atoms with van der Waals surface area (Å²) < 4.78 is 13.0. The largest absolute Gasteiger partial charge is 0.318 e. The molecule has 1 fully saturated rings. The zero-order chi connectivity index (χ0) is 11.9. The summed E-state index contributed by atoms with van der Waals surface area (Å²) in [6, 6.07) is 4.16. The fourth-order valence-electron chi connectivity index (χ4n) is 2.10. The maximum absolute atomic E-state index is 12.0. The lowest BCUT2D eigenvalue weighted by molar-refractivity contribution is 0.195. The fourth-order valence-corrected chi connectivity index (χ4v) is 4.71. The van der Waals surface area contributed by atoms with Gasteiger partial charge < -0.3 is 4.57 Å². The fraction of sp³-hybridized carbons (Fsp3) is 0.636. The highest BCUT2D eigenvalue weighted by molar-refractivity contribution is 7.75. The first-order valence-corrected chi connectivity index (χ1v) is 8.87. The molecule has 90 valence electrons. The number of thiophene rings is 1. The van der Waals surface area contributed by atoms with Crippen molar-refractivity contribution in [3.8, 4) is 0 Å². The van der Waals surface area contributed by atoms with Crippen molar-refractivity contribution in [2.75, 3.05) is 40.5 Å². The van der Waals surface area contributed by atoms with Gasteiger partial charge >= 0.3 is 0 Å². The van der Waals surface area contributed by atoms with Crippen molar-refractivity contribution < 1.29 is 4.57 Å². The van der Waals surface area contributed by atoms with Gasteiger partial charge in [0.05, 0.1) is 10.8 Å². The average molecular weight is 258 g/mol. The van der Waals surface area contributed by atoms with Crippen molar-refractivity contribution in [2.24, 2.45) is 0 Å². The second-order valence-electron chi connectivity index (χ2n) is 4.86. The molecule has 0 atom stereocenters. The van der Waals surface area contributed by atoms with Crippen LogP contribution in [0, 0.1) is 0 Å². The van der Waals surface area contributed by atoms with Gasteiger partial charge in [-0.3, -0.25) is 9.80 Å². The molecule has 2 heterocycles. The zero-order valence-corrected chi connectivity index (χ0v) is 12.0. The standard InChI is InChI=1S/C11H19N2OPS/c1-12-7-8-13(2)11(12)9-5-6-10(16-9)15(3,4)14/h5-6,11H,7-8H2,1-4H3. The van der Waals surface area contributed by atoms with Gasteiger partial charge in [-0.15, -0.1) is 11.3 Å². The van der Waals surface area contributed by atoms with E-state index in [1.165, 1.54) is 4.88 Å². The molecule has 2 rings (SSSR count). The highest BCUT2D eigenvalue weighted by Crippen LogP contribution is 2.40. The van der Waals surface area contributed by atoms with Crippen molar-refractivity contribution in [1.82, 2.24) is 9.80 Å². The minimum atomic E-state index is -2.10. The molecular formula is C11H19N2OPS. The van der Waals surface area contributed by atoms with Crippen molar-refractivity contribution >= 4 is 23.1 Å². The monoisotopic (exact) mass is 258 g/mol. The van der Waals surface area contributed by atoms with Crippen molar-refractivity contribution in [1.29, 1.82) is 0 Å². The van der Waals surface area contributed by atoms with Crippen LogP contribution in [0.25, 0.3) is 0 Å². The van der Waals surface area contributed by atoms with Crippen LogP contribution in [0.4, 0.5) is 0 Å². The molecule has 0 aromatic carbocycles. The first kappa shape index (κ1) is 12.3. The summed E-state index contributed by atoms with van der Waals surface area (Å²) in [5.74, 6) is 0. The molecule has 3 nitrogen and oxygen atoms in total. The summed E-state index contributed by atoms with van der Waals surface area (Å²) >= 11 is 1.70. The molecule has 0 amide bonds. The number of hydrogen-bond donors (Lipinski definition) is 0. The molecule has 1 aliphatic heterocycles. The molecule has 1 saturated heterocycles. The molecule has 1 aromatic rings. The molecule has 1 aromatic heterocycles. The topological polar surface area (TPSA) is 23.6 Å². The Morgan fingerprint density at radius 2 is 1.81 bits per heavy atom. The normalized spacial score (nSPS) is 20.8. The summed E-state index contributed by atoms with van der Waals surface area (Å²) in [6.45, 7) is 5.88. The number of hydrogen-bond acceptors (Lipinski definition) is 4. The zero-order valence-electron chi connectivity index (χ0n) is 10.3. The molecule has 5 heteroatoms. The van der Waals surface area contributed by atoms with Gasteiger partial charge in [0.1, 0.15) is 7.14 Å². The Bertz CT molecular complexity index is 415. The van der Waals surface area contributed by atoms with E-state index in [0.29, 0.717) is 6.17 Å². The first-order valence-electron chi connectivity index (χ1n) is 5.45. The molecule has 0 radical (unpaired) electrons. The van der Waals surface area contributed by atoms with Crippen LogP contribution in [0.3, 0.4) is 0 Å². The van der Waals surface area contributed by atoms with Gasteiger partial charge in [-0.05, 0) is 39.6 Å². The Morgan fingerprint density at radius 1 is 1.25 bits per heavy atom. The predicted octanol–water partition coefficient (Wildman–Crippen LogP) is 1.87. The molecule has 16 heavy (non-hydrogen) atoms. The van der Waals surface area contributed by atoms with Gasteiger partial charge in [-0.2, -0.15) is 0 Å². The summed E-state index contributed by atoms with van der Waals surface area (Å²) in [7, 11) is 2.19. The summed E-state index contributed by atoms with van der Waals surface area (Å²) in [5, 5.41) is 0. The van der Waals surface area contributed by atoms with Gasteiger partial charge in [0.25, 0.3) is 0 Å². The van der Waals surface area contributed by atoms with Crippen LogP contribution < -0.4 is 4.62 Å². The van der Waals surface area contributed by atoms with Crippen LogP contribution >= 0.6 is 18.5 Å². The quantitative estimate of drug-likeness (QED) is 0.757. The van der Waals surface area contributed by atoms with Crippen molar-refractivity contribution in [3.05, 3.63) is 17.0 Å². The molecule has 0 N–H and O–H groups in total. The minimum absolute atomic E-state index is 0.366. The van der Waals surface area contributed by atoms with Crippen molar-refractivity contribution in [2.45, 2.75) is 6.17 Å². The maximum Gasteiger partial charge on any atom is 0.119 e. The third-order valence-electron chi connectivity index (χ3n) is 3.04. The molecule has 0 unspecified atom stereocenters. The Balaban J connectivity index is 2.28. The van der Waals surface area contributed by atoms with E-state index in [0.717, 1.165) is 17.7 Å². The Hall–Kier alpha value is -0.150. The molecule has 0 bridgehead atoms. The minimum Gasteiger partial charge on any atom is -0.318 e. The highest BCUT2D eigenvalue weighted by Gasteiger charge is 2.29. The van der Waals surface area contributed by atoms with E-state index in [-0.39, 0.29) is 0 Å². The summed E-state index contributed by atoms with van der Waals surface area (Å²) in [6.07, 6.45) is 0.366. The van der Waals surface area contributed by atoms with Gasteiger partial charge in [0, 0.05) is 18.0 Å². The van der Waals surface area contributed by atoms with Crippen LogP contribution in [0.15, 0.2) is 12.1 Å². The lowest BCUT2D eigenvalue weighted by Gasteiger charge is -2.23. The Labute approximate surface area is 101 Å². The highest BCUT2D eigenvalue weighted by atomic mass is 32.1. The Morgan fingerprint density at radius 3 is 2.25 bits per heavy atom.